The van der Waals surface area contributed by atoms with Gasteiger partial charge in [0.05, 0.1) is 4.99 Å². The second kappa shape index (κ2) is 4.84. The molecule has 1 aliphatic rings. The van der Waals surface area contributed by atoms with Crippen LogP contribution in [0.1, 0.15) is 29.8 Å². The first kappa shape index (κ1) is 11.4. The van der Waals surface area contributed by atoms with E-state index in [-0.39, 0.29) is 17.9 Å². The molecule has 1 aromatic rings. The summed E-state index contributed by atoms with van der Waals surface area (Å²) in [5.74, 6) is -0.0764. The van der Waals surface area contributed by atoms with E-state index in [9.17, 15) is 4.79 Å². The Balaban J connectivity index is 1.99. The molecule has 1 aromatic heterocycles. The zero-order chi connectivity index (χ0) is 11.5. The molecule has 0 saturated heterocycles. The van der Waals surface area contributed by atoms with Gasteiger partial charge in [0.1, 0.15) is 0 Å². The van der Waals surface area contributed by atoms with E-state index in [1.807, 2.05) is 0 Å². The number of nitrogens with two attached hydrogens (primary N) is 1. The third kappa shape index (κ3) is 2.35. The van der Waals surface area contributed by atoms with Gasteiger partial charge in [-0.15, -0.1) is 5.10 Å². The van der Waals surface area contributed by atoms with Crippen molar-refractivity contribution in [3.63, 3.8) is 0 Å². The van der Waals surface area contributed by atoms with Crippen LogP contribution in [0.4, 0.5) is 0 Å². The van der Waals surface area contributed by atoms with Crippen LogP contribution in [0.3, 0.4) is 0 Å². The lowest BCUT2D eigenvalue weighted by Gasteiger charge is -2.19. The SMILES string of the molecule is NC(=S)C1CCCC1NC(=O)c1csnn1. The molecule has 0 aromatic carbocycles. The van der Waals surface area contributed by atoms with Gasteiger partial charge < -0.3 is 11.1 Å². The van der Waals surface area contributed by atoms with Gasteiger partial charge in [-0.3, -0.25) is 4.79 Å². The molecule has 2 rings (SSSR count). The van der Waals surface area contributed by atoms with Gasteiger partial charge >= 0.3 is 0 Å². The molecular weight excluding hydrogens is 244 g/mol. The fraction of sp³-hybridized carbons (Fsp3) is 0.556. The summed E-state index contributed by atoms with van der Waals surface area (Å²) in [6.07, 6.45) is 2.92. The molecule has 3 N–H and O–H groups in total. The van der Waals surface area contributed by atoms with E-state index in [4.69, 9.17) is 18.0 Å². The molecule has 1 amide bonds. The Hall–Kier alpha value is -1.08. The van der Waals surface area contributed by atoms with Crippen molar-refractivity contribution >= 4 is 34.6 Å². The number of hydrogen-bond acceptors (Lipinski definition) is 5. The summed E-state index contributed by atoms with van der Waals surface area (Å²) in [5.41, 5.74) is 6.00. The first-order valence-electron chi connectivity index (χ1n) is 5.05. The lowest BCUT2D eigenvalue weighted by Crippen LogP contribution is -2.41. The average Bonchev–Trinajstić information content (AvgIpc) is 2.86. The van der Waals surface area contributed by atoms with Crippen molar-refractivity contribution < 1.29 is 4.79 Å². The highest BCUT2D eigenvalue weighted by atomic mass is 32.1. The van der Waals surface area contributed by atoms with E-state index < -0.39 is 0 Å². The average molecular weight is 256 g/mol. The van der Waals surface area contributed by atoms with E-state index in [1.165, 1.54) is 0 Å². The lowest BCUT2D eigenvalue weighted by molar-refractivity contribution is 0.0928. The minimum atomic E-state index is -0.193. The van der Waals surface area contributed by atoms with Crippen LogP contribution in [0, 0.1) is 5.92 Å². The second-order valence-corrected chi connectivity index (χ2v) is 4.89. The van der Waals surface area contributed by atoms with Gasteiger partial charge in [-0.2, -0.15) is 0 Å². The highest BCUT2D eigenvalue weighted by Gasteiger charge is 2.31. The van der Waals surface area contributed by atoms with Crippen LogP contribution < -0.4 is 11.1 Å². The Labute approximate surface area is 103 Å². The summed E-state index contributed by atoms with van der Waals surface area (Å²) in [6.45, 7) is 0. The summed E-state index contributed by atoms with van der Waals surface area (Å²) in [7, 11) is 0. The molecular formula is C9H12N4OS2. The molecule has 0 bridgehead atoms. The van der Waals surface area contributed by atoms with E-state index in [0.29, 0.717) is 10.7 Å². The maximum Gasteiger partial charge on any atom is 0.272 e. The number of nitrogens with one attached hydrogen (secondary N) is 1. The Morgan fingerprint density at radius 2 is 2.44 bits per heavy atom. The van der Waals surface area contributed by atoms with Gasteiger partial charge in [-0.1, -0.05) is 23.1 Å². The third-order valence-electron chi connectivity index (χ3n) is 2.79. The molecule has 86 valence electrons. The summed E-state index contributed by atoms with van der Waals surface area (Å²) < 4.78 is 3.65. The fourth-order valence-electron chi connectivity index (χ4n) is 1.98. The fourth-order valence-corrected chi connectivity index (χ4v) is 2.70. The van der Waals surface area contributed by atoms with Crippen molar-refractivity contribution in [3.05, 3.63) is 11.1 Å². The molecule has 0 spiro atoms. The summed E-state index contributed by atoms with van der Waals surface area (Å²) in [5, 5.41) is 8.26. The first-order valence-corrected chi connectivity index (χ1v) is 6.30. The number of carbonyl (C=O) groups is 1. The minimum absolute atomic E-state index is 0.0479. The molecule has 1 aliphatic carbocycles. The van der Waals surface area contributed by atoms with Crippen molar-refractivity contribution in [1.29, 1.82) is 0 Å². The molecule has 2 unspecified atom stereocenters. The number of nitrogens with zero attached hydrogens (tertiary/aromatic N) is 2. The van der Waals surface area contributed by atoms with Crippen LogP contribution >= 0.6 is 23.8 Å². The third-order valence-corrected chi connectivity index (χ3v) is 3.60. The predicted molar refractivity (Wildman–Crippen MR) is 65.3 cm³/mol. The normalized spacial score (nSPS) is 24.2. The van der Waals surface area contributed by atoms with Crippen LogP contribution in [0.15, 0.2) is 5.38 Å². The molecule has 1 heterocycles. The van der Waals surface area contributed by atoms with Crippen molar-refractivity contribution in [2.75, 3.05) is 0 Å². The second-order valence-electron chi connectivity index (χ2n) is 3.81. The van der Waals surface area contributed by atoms with Gasteiger partial charge in [0.15, 0.2) is 5.69 Å². The molecule has 16 heavy (non-hydrogen) atoms. The Bertz CT molecular complexity index is 392. The molecule has 0 aliphatic heterocycles. The number of rotatable bonds is 3. The number of aromatic nitrogens is 2. The maximum absolute atomic E-state index is 11.7. The van der Waals surface area contributed by atoms with Crippen LogP contribution in [-0.2, 0) is 0 Å². The van der Waals surface area contributed by atoms with E-state index in [2.05, 4.69) is 14.9 Å². The van der Waals surface area contributed by atoms with Gasteiger partial charge in [-0.05, 0) is 24.4 Å². The van der Waals surface area contributed by atoms with Gasteiger partial charge in [0, 0.05) is 17.3 Å². The molecule has 5 nitrogen and oxygen atoms in total. The van der Waals surface area contributed by atoms with Crippen molar-refractivity contribution in [2.45, 2.75) is 25.3 Å². The van der Waals surface area contributed by atoms with Gasteiger partial charge in [-0.25, -0.2) is 0 Å². The summed E-state index contributed by atoms with van der Waals surface area (Å²) in [4.78, 5) is 12.2. The van der Waals surface area contributed by atoms with E-state index in [1.54, 1.807) is 5.38 Å². The number of carbonyl (C=O) groups excluding carboxylic acids is 1. The number of hydrogen-bond donors (Lipinski definition) is 2. The molecule has 1 fully saturated rings. The topological polar surface area (TPSA) is 80.9 Å². The van der Waals surface area contributed by atoms with Gasteiger partial charge in [0.25, 0.3) is 5.91 Å². The standard InChI is InChI=1S/C9H12N4OS2/c10-8(15)5-2-1-3-6(5)11-9(14)7-4-16-13-12-7/h4-6H,1-3H2,(H2,10,15)(H,11,14). The zero-order valence-corrected chi connectivity index (χ0v) is 10.2. The molecule has 0 radical (unpaired) electrons. The largest absolute Gasteiger partial charge is 0.393 e. The molecule has 7 heteroatoms. The predicted octanol–water partition coefficient (Wildman–Crippen LogP) is 0.723. The quantitative estimate of drug-likeness (QED) is 0.779. The Morgan fingerprint density at radius 1 is 1.62 bits per heavy atom. The van der Waals surface area contributed by atoms with Crippen LogP contribution in [0.2, 0.25) is 0 Å². The van der Waals surface area contributed by atoms with E-state index >= 15 is 0 Å². The monoisotopic (exact) mass is 256 g/mol. The Kier molecular flexibility index (Phi) is 3.45. The summed E-state index contributed by atoms with van der Waals surface area (Å²) >= 11 is 6.15. The van der Waals surface area contributed by atoms with Crippen molar-refractivity contribution in [3.8, 4) is 0 Å². The highest BCUT2D eigenvalue weighted by Crippen LogP contribution is 2.26. The van der Waals surface area contributed by atoms with Crippen LogP contribution in [0.5, 0.6) is 0 Å². The van der Waals surface area contributed by atoms with Crippen LogP contribution in [0.25, 0.3) is 0 Å². The number of thiocarbonyl (C=S) groups is 1. The van der Waals surface area contributed by atoms with E-state index in [0.717, 1.165) is 30.8 Å². The minimum Gasteiger partial charge on any atom is -0.393 e. The zero-order valence-electron chi connectivity index (χ0n) is 8.55. The molecule has 2 atom stereocenters. The Morgan fingerprint density at radius 3 is 3.06 bits per heavy atom. The smallest absolute Gasteiger partial charge is 0.272 e. The van der Waals surface area contributed by atoms with Crippen molar-refractivity contribution in [1.82, 2.24) is 14.9 Å². The highest BCUT2D eigenvalue weighted by molar-refractivity contribution is 7.80. The van der Waals surface area contributed by atoms with Gasteiger partial charge in [0.2, 0.25) is 0 Å². The van der Waals surface area contributed by atoms with Crippen LogP contribution in [-0.4, -0.2) is 26.5 Å². The summed E-state index contributed by atoms with van der Waals surface area (Å²) in [6, 6.07) is 0.0479. The maximum atomic E-state index is 11.7. The lowest BCUT2D eigenvalue weighted by atomic mass is 10.0. The van der Waals surface area contributed by atoms with Crippen molar-refractivity contribution in [2.24, 2.45) is 11.7 Å². The number of amides is 1. The molecule has 1 saturated carbocycles. The first-order chi connectivity index (χ1) is 7.68.